The largest absolute Gasteiger partial charge is 0.308 e. The molecule has 2 aromatic heterocycles. The Bertz CT molecular complexity index is 872. The molecule has 3 aromatic rings. The quantitative estimate of drug-likeness (QED) is 0.733. The summed E-state index contributed by atoms with van der Waals surface area (Å²) in [4.78, 5) is 12.1. The van der Waals surface area contributed by atoms with E-state index in [0.717, 1.165) is 11.3 Å². The minimum atomic E-state index is -0.289. The molecule has 0 unspecified atom stereocenters. The lowest BCUT2D eigenvalue weighted by molar-refractivity contribution is -0.116. The summed E-state index contributed by atoms with van der Waals surface area (Å²) >= 11 is 6.13. The van der Waals surface area contributed by atoms with Crippen LogP contribution in [0.2, 0.25) is 5.02 Å². The molecule has 1 aromatic carbocycles. The van der Waals surface area contributed by atoms with Crippen LogP contribution >= 0.6 is 11.6 Å². The molecule has 0 aliphatic carbocycles. The molecule has 0 atom stereocenters. The lowest BCUT2D eigenvalue weighted by Crippen LogP contribution is -2.16. The summed E-state index contributed by atoms with van der Waals surface area (Å²) in [5.41, 5.74) is 1.88. The number of nitrogens with zero attached hydrogens (tertiary/aromatic N) is 4. The predicted octanol–water partition coefficient (Wildman–Crippen LogP) is 3.26. The van der Waals surface area contributed by atoms with Gasteiger partial charge in [0.2, 0.25) is 5.91 Å². The summed E-state index contributed by atoms with van der Waals surface area (Å²) in [5.74, 6) is -0.169. The molecule has 0 saturated heterocycles. The summed E-state index contributed by atoms with van der Waals surface area (Å²) in [7, 11) is 0. The Hall–Kier alpha value is -2.67. The summed E-state index contributed by atoms with van der Waals surface area (Å²) < 4.78 is 16.3. The number of aromatic nitrogens is 4. The number of benzene rings is 1. The van der Waals surface area contributed by atoms with E-state index in [-0.39, 0.29) is 18.1 Å². The fourth-order valence-corrected chi connectivity index (χ4v) is 2.57. The van der Waals surface area contributed by atoms with Gasteiger partial charge in [0.1, 0.15) is 10.8 Å². The van der Waals surface area contributed by atoms with E-state index < -0.39 is 0 Å². The van der Waals surface area contributed by atoms with Crippen LogP contribution in [-0.4, -0.2) is 25.5 Å². The molecule has 0 radical (unpaired) electrons. The van der Waals surface area contributed by atoms with Gasteiger partial charge in [-0.15, -0.1) is 0 Å². The molecule has 0 fully saturated rings. The first-order valence-corrected chi connectivity index (χ1v) is 8.15. The van der Waals surface area contributed by atoms with Crippen LogP contribution in [0.4, 0.5) is 10.2 Å². The van der Waals surface area contributed by atoms with Crippen molar-refractivity contribution in [3.63, 3.8) is 0 Å². The fourth-order valence-electron chi connectivity index (χ4n) is 2.37. The maximum Gasteiger partial charge on any atom is 0.227 e. The van der Waals surface area contributed by atoms with Gasteiger partial charge in [-0.1, -0.05) is 23.7 Å². The van der Waals surface area contributed by atoms with Gasteiger partial charge in [0.25, 0.3) is 0 Å². The Kier molecular flexibility index (Phi) is 5.14. The van der Waals surface area contributed by atoms with Gasteiger partial charge in [0.15, 0.2) is 5.82 Å². The molecule has 3 rings (SSSR count). The van der Waals surface area contributed by atoms with Crippen molar-refractivity contribution in [2.45, 2.75) is 26.4 Å². The average molecular weight is 362 g/mol. The van der Waals surface area contributed by atoms with E-state index in [2.05, 4.69) is 15.5 Å². The molecular formula is C17H17ClFN5O. The van der Waals surface area contributed by atoms with Gasteiger partial charge in [-0.3, -0.25) is 14.2 Å². The highest BCUT2D eigenvalue weighted by Gasteiger charge is 2.11. The van der Waals surface area contributed by atoms with Crippen molar-refractivity contribution in [1.29, 1.82) is 0 Å². The van der Waals surface area contributed by atoms with Crippen LogP contribution < -0.4 is 5.32 Å². The molecule has 1 N–H and O–H groups in total. The summed E-state index contributed by atoms with van der Waals surface area (Å²) in [6.07, 6.45) is 3.59. The number of rotatable bonds is 6. The molecule has 130 valence electrons. The number of carbonyl (C=O) groups is 1. The van der Waals surface area contributed by atoms with Gasteiger partial charge in [-0.2, -0.15) is 10.2 Å². The molecule has 6 nitrogen and oxygen atoms in total. The molecule has 0 aliphatic rings. The highest BCUT2D eigenvalue weighted by atomic mass is 35.5. The van der Waals surface area contributed by atoms with Crippen LogP contribution in [-0.2, 0) is 17.9 Å². The number of nitrogens with one attached hydrogen (secondary N) is 1. The van der Waals surface area contributed by atoms with Gasteiger partial charge < -0.3 is 5.32 Å². The second-order valence-electron chi connectivity index (χ2n) is 5.64. The molecule has 25 heavy (non-hydrogen) atoms. The number of aryl methyl sites for hydroxylation is 2. The third-order valence-corrected chi connectivity index (χ3v) is 3.99. The standard InChI is InChI=1S/C17H17ClFN5O/c1-12-6-8-20-24(12)9-7-16(25)21-17-15(18)11-23(22-17)10-13-2-4-14(19)5-3-13/h2-6,8,11H,7,9-10H2,1H3,(H,21,22,25). The highest BCUT2D eigenvalue weighted by molar-refractivity contribution is 6.33. The Morgan fingerprint density at radius 2 is 2.04 bits per heavy atom. The first kappa shape index (κ1) is 17.2. The number of hydrogen-bond acceptors (Lipinski definition) is 3. The molecular weight excluding hydrogens is 345 g/mol. The first-order chi connectivity index (χ1) is 12.0. The number of carbonyl (C=O) groups excluding carboxylic acids is 1. The zero-order valence-electron chi connectivity index (χ0n) is 13.6. The normalized spacial score (nSPS) is 10.8. The first-order valence-electron chi connectivity index (χ1n) is 7.77. The van der Waals surface area contributed by atoms with Crippen LogP contribution in [0.1, 0.15) is 17.7 Å². The zero-order chi connectivity index (χ0) is 17.8. The van der Waals surface area contributed by atoms with Crippen LogP contribution in [0.25, 0.3) is 0 Å². The third kappa shape index (κ3) is 4.45. The Morgan fingerprint density at radius 1 is 1.28 bits per heavy atom. The lowest BCUT2D eigenvalue weighted by atomic mass is 10.2. The monoisotopic (exact) mass is 361 g/mol. The predicted molar refractivity (Wildman–Crippen MR) is 92.9 cm³/mol. The van der Waals surface area contributed by atoms with Crippen molar-refractivity contribution in [2.75, 3.05) is 5.32 Å². The maximum absolute atomic E-state index is 12.9. The lowest BCUT2D eigenvalue weighted by Gasteiger charge is -2.05. The van der Waals surface area contributed by atoms with Gasteiger partial charge in [-0.05, 0) is 30.7 Å². The summed E-state index contributed by atoms with van der Waals surface area (Å²) in [5, 5.41) is 11.5. The third-order valence-electron chi connectivity index (χ3n) is 3.71. The molecule has 0 spiro atoms. The Morgan fingerprint density at radius 3 is 2.72 bits per heavy atom. The van der Waals surface area contributed by atoms with E-state index in [1.165, 1.54) is 12.1 Å². The Labute approximate surface area is 149 Å². The summed E-state index contributed by atoms with van der Waals surface area (Å²) in [6.45, 7) is 2.85. The number of hydrogen-bond donors (Lipinski definition) is 1. The van der Waals surface area contributed by atoms with Gasteiger partial charge >= 0.3 is 0 Å². The van der Waals surface area contributed by atoms with Gasteiger partial charge in [0.05, 0.1) is 6.54 Å². The zero-order valence-corrected chi connectivity index (χ0v) is 14.4. The number of amides is 1. The van der Waals surface area contributed by atoms with Crippen molar-refractivity contribution in [3.8, 4) is 0 Å². The molecule has 1 amide bonds. The molecule has 8 heteroatoms. The van der Waals surface area contributed by atoms with Crippen molar-refractivity contribution in [1.82, 2.24) is 19.6 Å². The molecule has 0 aliphatic heterocycles. The van der Waals surface area contributed by atoms with E-state index in [9.17, 15) is 9.18 Å². The van der Waals surface area contributed by atoms with E-state index in [1.54, 1.807) is 33.9 Å². The van der Waals surface area contributed by atoms with Crippen molar-refractivity contribution in [3.05, 3.63) is 64.8 Å². The van der Waals surface area contributed by atoms with E-state index in [0.29, 0.717) is 23.9 Å². The minimum Gasteiger partial charge on any atom is -0.308 e. The van der Waals surface area contributed by atoms with Crippen LogP contribution in [0, 0.1) is 12.7 Å². The highest BCUT2D eigenvalue weighted by Crippen LogP contribution is 2.20. The maximum atomic E-state index is 12.9. The molecule has 0 bridgehead atoms. The van der Waals surface area contributed by atoms with Crippen molar-refractivity contribution < 1.29 is 9.18 Å². The fraction of sp³-hybridized carbons (Fsp3) is 0.235. The smallest absolute Gasteiger partial charge is 0.227 e. The van der Waals surface area contributed by atoms with E-state index in [4.69, 9.17) is 11.6 Å². The SMILES string of the molecule is Cc1ccnn1CCC(=O)Nc1nn(Cc2ccc(F)cc2)cc1Cl. The topological polar surface area (TPSA) is 64.7 Å². The number of anilines is 1. The Balaban J connectivity index is 1.59. The van der Waals surface area contributed by atoms with E-state index >= 15 is 0 Å². The van der Waals surface area contributed by atoms with Gasteiger partial charge in [-0.25, -0.2) is 4.39 Å². The van der Waals surface area contributed by atoms with E-state index in [1.807, 2.05) is 13.0 Å². The molecule has 2 heterocycles. The van der Waals surface area contributed by atoms with Crippen LogP contribution in [0.3, 0.4) is 0 Å². The minimum absolute atomic E-state index is 0.191. The number of halogens is 2. The van der Waals surface area contributed by atoms with Crippen molar-refractivity contribution >= 4 is 23.3 Å². The van der Waals surface area contributed by atoms with Crippen LogP contribution in [0.15, 0.2) is 42.7 Å². The van der Waals surface area contributed by atoms with Gasteiger partial charge in [0, 0.05) is 31.1 Å². The second-order valence-corrected chi connectivity index (χ2v) is 6.05. The second kappa shape index (κ2) is 7.48. The van der Waals surface area contributed by atoms with Crippen molar-refractivity contribution in [2.24, 2.45) is 0 Å². The van der Waals surface area contributed by atoms with Crippen LogP contribution in [0.5, 0.6) is 0 Å². The average Bonchev–Trinajstić information content (AvgIpc) is 3.13. The summed E-state index contributed by atoms with van der Waals surface area (Å²) in [6, 6.07) is 8.01. The molecule has 0 saturated carbocycles.